The largest absolute Gasteiger partial charge is 0.497 e. The highest BCUT2D eigenvalue weighted by Crippen LogP contribution is 2.25. The van der Waals surface area contributed by atoms with Gasteiger partial charge in [0.05, 0.1) is 33.0 Å². The van der Waals surface area contributed by atoms with Crippen LogP contribution in [-0.2, 0) is 17.8 Å². The molecule has 1 heterocycles. The Morgan fingerprint density at radius 3 is 2.66 bits per heavy atom. The Bertz CT molecular complexity index is 785. The third-order valence-corrected chi connectivity index (χ3v) is 5.31. The summed E-state index contributed by atoms with van der Waals surface area (Å²) in [6.07, 6.45) is 0.00787. The van der Waals surface area contributed by atoms with E-state index in [1.54, 1.807) is 32.7 Å². The first-order valence-corrected chi connectivity index (χ1v) is 10.1. The molecule has 0 saturated heterocycles. The number of aromatic nitrogens is 1. The van der Waals surface area contributed by atoms with E-state index in [4.69, 9.17) is 19.2 Å². The predicted octanol–water partition coefficient (Wildman–Crippen LogP) is 4.08. The first-order chi connectivity index (χ1) is 13.5. The van der Waals surface area contributed by atoms with Crippen LogP contribution in [0, 0.1) is 0 Å². The molecule has 162 valence electrons. The van der Waals surface area contributed by atoms with Crippen molar-refractivity contribution in [2.45, 2.75) is 33.0 Å². The van der Waals surface area contributed by atoms with E-state index in [1.165, 1.54) is 0 Å². The number of guanidine groups is 1. The summed E-state index contributed by atoms with van der Waals surface area (Å²) in [6.45, 7) is 6.01. The molecule has 1 aromatic heterocycles. The third kappa shape index (κ3) is 7.31. The Morgan fingerprint density at radius 1 is 1.28 bits per heavy atom. The summed E-state index contributed by atoms with van der Waals surface area (Å²) in [5.74, 6) is 2.34. The summed E-state index contributed by atoms with van der Waals surface area (Å²) >= 11 is 1.62. The minimum Gasteiger partial charge on any atom is -0.497 e. The second-order valence-electron chi connectivity index (χ2n) is 6.26. The van der Waals surface area contributed by atoms with E-state index in [2.05, 4.69) is 27.5 Å². The van der Waals surface area contributed by atoms with Crippen molar-refractivity contribution in [1.82, 2.24) is 15.2 Å². The molecular weight excluding hydrogens is 503 g/mol. The summed E-state index contributed by atoms with van der Waals surface area (Å²) in [7, 11) is 7.00. The molecule has 1 atom stereocenters. The standard InChI is InChI=1S/C20H30N4O3S.HI/c1-7-21-20(22-11-15-8-9-17(26-5)10-18(15)27-6)24(3)12-16-13-28-19(23-16)14(2)25-4;/h8-10,13-14H,7,11-12H2,1-6H3,(H,21,22);1H. The van der Waals surface area contributed by atoms with Crippen molar-refractivity contribution < 1.29 is 14.2 Å². The van der Waals surface area contributed by atoms with Crippen molar-refractivity contribution in [3.63, 3.8) is 0 Å². The third-order valence-electron chi connectivity index (χ3n) is 4.26. The van der Waals surface area contributed by atoms with Gasteiger partial charge in [-0.3, -0.25) is 0 Å². The van der Waals surface area contributed by atoms with Crippen molar-refractivity contribution >= 4 is 41.3 Å². The molecule has 0 aliphatic heterocycles. The minimum absolute atomic E-state index is 0. The van der Waals surface area contributed by atoms with Gasteiger partial charge in [-0.25, -0.2) is 9.98 Å². The summed E-state index contributed by atoms with van der Waals surface area (Å²) in [6, 6.07) is 5.76. The molecule has 0 fully saturated rings. The second-order valence-corrected chi connectivity index (χ2v) is 7.15. The van der Waals surface area contributed by atoms with E-state index in [1.807, 2.05) is 32.2 Å². The van der Waals surface area contributed by atoms with Crippen LogP contribution in [0.2, 0.25) is 0 Å². The van der Waals surface area contributed by atoms with Gasteiger partial charge in [-0.05, 0) is 26.0 Å². The van der Waals surface area contributed by atoms with Crippen LogP contribution < -0.4 is 14.8 Å². The highest BCUT2D eigenvalue weighted by molar-refractivity contribution is 14.0. The van der Waals surface area contributed by atoms with E-state index in [0.29, 0.717) is 13.1 Å². The minimum atomic E-state index is 0. The number of ether oxygens (including phenoxy) is 3. The number of halogens is 1. The van der Waals surface area contributed by atoms with Gasteiger partial charge in [0.15, 0.2) is 5.96 Å². The summed E-state index contributed by atoms with van der Waals surface area (Å²) < 4.78 is 16.1. The molecule has 9 heteroatoms. The molecule has 1 N–H and O–H groups in total. The van der Waals surface area contributed by atoms with E-state index < -0.39 is 0 Å². The quantitative estimate of drug-likeness (QED) is 0.297. The zero-order valence-corrected chi connectivity index (χ0v) is 21.0. The number of hydrogen-bond donors (Lipinski definition) is 1. The fraction of sp³-hybridized carbons (Fsp3) is 0.500. The van der Waals surface area contributed by atoms with Gasteiger partial charge in [0.1, 0.15) is 22.6 Å². The number of methoxy groups -OCH3 is 3. The van der Waals surface area contributed by atoms with E-state index >= 15 is 0 Å². The van der Waals surface area contributed by atoms with Crippen molar-refractivity contribution in [3.05, 3.63) is 39.8 Å². The van der Waals surface area contributed by atoms with Crippen molar-refractivity contribution in [2.24, 2.45) is 4.99 Å². The number of aliphatic imine (C=N–C) groups is 1. The SMILES string of the molecule is CCNC(=NCc1ccc(OC)cc1OC)N(C)Cc1csc(C(C)OC)n1.I. The summed E-state index contributed by atoms with van der Waals surface area (Å²) in [4.78, 5) is 11.5. The van der Waals surface area contributed by atoms with Gasteiger partial charge in [-0.15, -0.1) is 35.3 Å². The van der Waals surface area contributed by atoms with Crippen LogP contribution >= 0.6 is 35.3 Å². The van der Waals surface area contributed by atoms with Crippen LogP contribution in [0.4, 0.5) is 0 Å². The topological polar surface area (TPSA) is 68.2 Å². The molecule has 0 aliphatic rings. The maximum Gasteiger partial charge on any atom is 0.194 e. The van der Waals surface area contributed by atoms with Gasteiger partial charge < -0.3 is 24.4 Å². The molecule has 7 nitrogen and oxygen atoms in total. The summed E-state index contributed by atoms with van der Waals surface area (Å²) in [5.41, 5.74) is 2.00. The highest BCUT2D eigenvalue weighted by Gasteiger charge is 2.13. The van der Waals surface area contributed by atoms with Crippen LogP contribution in [0.3, 0.4) is 0 Å². The smallest absolute Gasteiger partial charge is 0.194 e. The fourth-order valence-corrected chi connectivity index (χ4v) is 3.45. The Labute approximate surface area is 194 Å². The number of hydrogen-bond acceptors (Lipinski definition) is 6. The Morgan fingerprint density at radius 2 is 2.03 bits per heavy atom. The lowest BCUT2D eigenvalue weighted by Gasteiger charge is -2.21. The van der Waals surface area contributed by atoms with E-state index in [0.717, 1.165) is 40.3 Å². The first-order valence-electron chi connectivity index (χ1n) is 9.19. The van der Waals surface area contributed by atoms with E-state index in [9.17, 15) is 0 Å². The number of rotatable bonds is 9. The van der Waals surface area contributed by atoms with Crippen LogP contribution in [0.1, 0.15) is 36.2 Å². The molecule has 1 unspecified atom stereocenters. The van der Waals surface area contributed by atoms with Crippen molar-refractivity contribution in [1.29, 1.82) is 0 Å². The molecule has 0 saturated carbocycles. The average Bonchev–Trinajstić information content (AvgIpc) is 3.18. The molecule has 0 spiro atoms. The maximum atomic E-state index is 5.47. The lowest BCUT2D eigenvalue weighted by Crippen LogP contribution is -2.38. The fourth-order valence-electron chi connectivity index (χ4n) is 2.61. The van der Waals surface area contributed by atoms with Gasteiger partial charge in [0.25, 0.3) is 0 Å². The van der Waals surface area contributed by atoms with Gasteiger partial charge in [-0.1, -0.05) is 0 Å². The van der Waals surface area contributed by atoms with Crippen molar-refractivity contribution in [2.75, 3.05) is 34.9 Å². The van der Waals surface area contributed by atoms with Crippen LogP contribution in [0.25, 0.3) is 0 Å². The van der Waals surface area contributed by atoms with E-state index in [-0.39, 0.29) is 30.1 Å². The number of nitrogens with zero attached hydrogens (tertiary/aromatic N) is 3. The molecule has 0 radical (unpaired) electrons. The van der Waals surface area contributed by atoms with Gasteiger partial charge in [0.2, 0.25) is 0 Å². The average molecular weight is 534 g/mol. The maximum absolute atomic E-state index is 5.47. The Balaban J connectivity index is 0.00000420. The molecule has 0 bridgehead atoms. The normalized spacial score (nSPS) is 12.1. The molecule has 0 aliphatic carbocycles. The zero-order chi connectivity index (χ0) is 20.5. The molecular formula is C20H31IN4O3S. The van der Waals surface area contributed by atoms with Gasteiger partial charge in [-0.2, -0.15) is 0 Å². The number of nitrogens with one attached hydrogen (secondary N) is 1. The molecule has 29 heavy (non-hydrogen) atoms. The zero-order valence-electron chi connectivity index (χ0n) is 17.9. The van der Waals surface area contributed by atoms with Crippen LogP contribution in [-0.4, -0.2) is 50.8 Å². The molecule has 2 aromatic rings. The second kappa shape index (κ2) is 12.9. The first kappa shape index (κ1) is 25.4. The summed E-state index contributed by atoms with van der Waals surface area (Å²) in [5, 5.41) is 6.38. The number of benzene rings is 1. The molecule has 0 amide bonds. The highest BCUT2D eigenvalue weighted by atomic mass is 127. The Hall–Kier alpha value is -1.59. The lowest BCUT2D eigenvalue weighted by molar-refractivity contribution is 0.119. The van der Waals surface area contributed by atoms with Crippen molar-refractivity contribution in [3.8, 4) is 11.5 Å². The van der Waals surface area contributed by atoms with Crippen LogP contribution in [0.15, 0.2) is 28.6 Å². The van der Waals surface area contributed by atoms with Gasteiger partial charge >= 0.3 is 0 Å². The molecule has 2 rings (SSSR count). The monoisotopic (exact) mass is 534 g/mol. The number of thiazole rings is 1. The van der Waals surface area contributed by atoms with Crippen LogP contribution in [0.5, 0.6) is 11.5 Å². The molecule has 1 aromatic carbocycles. The van der Waals surface area contributed by atoms with Gasteiger partial charge in [0, 0.05) is 37.7 Å². The lowest BCUT2D eigenvalue weighted by atomic mass is 10.2. The predicted molar refractivity (Wildman–Crippen MR) is 129 cm³/mol. The Kier molecular flexibility index (Phi) is 11.3.